The molecule has 1 fully saturated rings. The Bertz CT molecular complexity index is 394. The SMILES string of the molecule is CNC(Cc1cccc(OC)c1F)C1CC1C. The summed E-state index contributed by atoms with van der Waals surface area (Å²) < 4.78 is 19.0. The van der Waals surface area contributed by atoms with E-state index >= 15 is 0 Å². The van der Waals surface area contributed by atoms with Crippen LogP contribution in [0.25, 0.3) is 0 Å². The first-order valence-corrected chi connectivity index (χ1v) is 6.16. The summed E-state index contributed by atoms with van der Waals surface area (Å²) in [4.78, 5) is 0. The van der Waals surface area contributed by atoms with Crippen LogP contribution in [-0.2, 0) is 6.42 Å². The molecule has 1 aromatic carbocycles. The summed E-state index contributed by atoms with van der Waals surface area (Å²) in [7, 11) is 3.45. The molecule has 1 aliphatic rings. The standard InChI is InChI=1S/C14H20FNO/c1-9-7-11(9)12(16-2)8-10-5-4-6-13(17-3)14(10)15/h4-6,9,11-12,16H,7-8H2,1-3H3. The molecule has 1 aromatic rings. The van der Waals surface area contributed by atoms with Gasteiger partial charge in [0.05, 0.1) is 7.11 Å². The molecule has 1 N–H and O–H groups in total. The van der Waals surface area contributed by atoms with E-state index < -0.39 is 0 Å². The van der Waals surface area contributed by atoms with Gasteiger partial charge in [-0.1, -0.05) is 19.1 Å². The van der Waals surface area contributed by atoms with Crippen LogP contribution in [0.2, 0.25) is 0 Å². The number of rotatable bonds is 5. The van der Waals surface area contributed by atoms with Crippen molar-refractivity contribution >= 4 is 0 Å². The lowest BCUT2D eigenvalue weighted by atomic mass is 10.0. The highest BCUT2D eigenvalue weighted by Gasteiger charge is 2.38. The molecule has 0 aliphatic heterocycles. The molecule has 0 spiro atoms. The summed E-state index contributed by atoms with van der Waals surface area (Å²) in [6.07, 6.45) is 1.98. The average molecular weight is 237 g/mol. The molecule has 0 heterocycles. The Kier molecular flexibility index (Phi) is 3.67. The molecule has 3 unspecified atom stereocenters. The topological polar surface area (TPSA) is 21.3 Å². The van der Waals surface area contributed by atoms with Crippen LogP contribution in [0.4, 0.5) is 4.39 Å². The summed E-state index contributed by atoms with van der Waals surface area (Å²) in [5, 5.41) is 3.30. The van der Waals surface area contributed by atoms with Gasteiger partial charge >= 0.3 is 0 Å². The molecular weight excluding hydrogens is 217 g/mol. The summed E-state index contributed by atoms with van der Waals surface area (Å²) >= 11 is 0. The minimum Gasteiger partial charge on any atom is -0.494 e. The van der Waals surface area contributed by atoms with Crippen molar-refractivity contribution in [1.82, 2.24) is 5.32 Å². The molecule has 0 bridgehead atoms. The first kappa shape index (κ1) is 12.4. The second-order valence-corrected chi connectivity index (χ2v) is 4.91. The molecule has 0 aromatic heterocycles. The molecule has 17 heavy (non-hydrogen) atoms. The van der Waals surface area contributed by atoms with E-state index in [-0.39, 0.29) is 5.82 Å². The summed E-state index contributed by atoms with van der Waals surface area (Å²) in [6, 6.07) is 5.72. The van der Waals surface area contributed by atoms with Gasteiger partial charge in [-0.05, 0) is 43.4 Å². The van der Waals surface area contributed by atoms with Crippen LogP contribution in [0, 0.1) is 17.7 Å². The second kappa shape index (κ2) is 5.05. The molecule has 1 saturated carbocycles. The van der Waals surface area contributed by atoms with Gasteiger partial charge < -0.3 is 10.1 Å². The fourth-order valence-corrected chi connectivity index (χ4v) is 2.49. The first-order valence-electron chi connectivity index (χ1n) is 6.16. The van der Waals surface area contributed by atoms with E-state index in [1.807, 2.05) is 19.2 Å². The largest absolute Gasteiger partial charge is 0.494 e. The van der Waals surface area contributed by atoms with E-state index in [1.54, 1.807) is 6.07 Å². The quantitative estimate of drug-likeness (QED) is 0.850. The van der Waals surface area contributed by atoms with Crippen molar-refractivity contribution in [2.45, 2.75) is 25.8 Å². The normalized spacial score (nSPS) is 24.5. The fraction of sp³-hybridized carbons (Fsp3) is 0.571. The number of hydrogen-bond donors (Lipinski definition) is 1. The lowest BCUT2D eigenvalue weighted by molar-refractivity contribution is 0.381. The predicted octanol–water partition coefficient (Wildman–Crippen LogP) is 2.62. The minimum atomic E-state index is -0.219. The van der Waals surface area contributed by atoms with Gasteiger partial charge in [0.2, 0.25) is 0 Å². The first-order chi connectivity index (χ1) is 8.17. The molecule has 0 radical (unpaired) electrons. The maximum atomic E-state index is 14.0. The molecule has 2 rings (SSSR count). The van der Waals surface area contributed by atoms with Crippen molar-refractivity contribution in [3.05, 3.63) is 29.6 Å². The van der Waals surface area contributed by atoms with Gasteiger partial charge in [-0.3, -0.25) is 0 Å². The number of hydrogen-bond acceptors (Lipinski definition) is 2. The monoisotopic (exact) mass is 237 g/mol. The smallest absolute Gasteiger partial charge is 0.168 e. The average Bonchev–Trinajstić information content (AvgIpc) is 3.05. The van der Waals surface area contributed by atoms with Crippen molar-refractivity contribution in [2.75, 3.05) is 14.2 Å². The Morgan fingerprint density at radius 1 is 1.53 bits per heavy atom. The number of nitrogens with one attached hydrogen (secondary N) is 1. The second-order valence-electron chi connectivity index (χ2n) is 4.91. The van der Waals surface area contributed by atoms with Gasteiger partial charge in [0.15, 0.2) is 11.6 Å². The third-order valence-corrected chi connectivity index (χ3v) is 3.76. The molecule has 94 valence electrons. The lowest BCUT2D eigenvalue weighted by Crippen LogP contribution is -2.30. The van der Waals surface area contributed by atoms with E-state index in [0.717, 1.165) is 17.9 Å². The van der Waals surface area contributed by atoms with Crippen LogP contribution < -0.4 is 10.1 Å². The van der Waals surface area contributed by atoms with Gasteiger partial charge in [0, 0.05) is 6.04 Å². The van der Waals surface area contributed by atoms with E-state index in [9.17, 15) is 4.39 Å². The maximum absolute atomic E-state index is 14.0. The van der Waals surface area contributed by atoms with Crippen LogP contribution in [-0.4, -0.2) is 20.2 Å². The number of halogens is 1. The Morgan fingerprint density at radius 3 is 2.76 bits per heavy atom. The number of methoxy groups -OCH3 is 1. The molecule has 3 heteroatoms. The van der Waals surface area contributed by atoms with Crippen LogP contribution in [0.15, 0.2) is 18.2 Å². The van der Waals surface area contributed by atoms with Gasteiger partial charge in [-0.15, -0.1) is 0 Å². The Balaban J connectivity index is 2.11. The summed E-state index contributed by atoms with van der Waals surface area (Å²) in [5.41, 5.74) is 0.739. The highest BCUT2D eigenvalue weighted by atomic mass is 19.1. The minimum absolute atomic E-state index is 0.219. The molecule has 3 atom stereocenters. The fourth-order valence-electron chi connectivity index (χ4n) is 2.49. The van der Waals surface area contributed by atoms with Crippen LogP contribution in [0.3, 0.4) is 0 Å². The van der Waals surface area contributed by atoms with E-state index in [4.69, 9.17) is 4.74 Å². The summed E-state index contributed by atoms with van der Waals surface area (Å²) in [5.74, 6) is 1.57. The number of ether oxygens (including phenoxy) is 1. The zero-order valence-corrected chi connectivity index (χ0v) is 10.7. The van der Waals surface area contributed by atoms with Crippen LogP contribution in [0.1, 0.15) is 18.9 Å². The molecule has 0 saturated heterocycles. The third-order valence-electron chi connectivity index (χ3n) is 3.76. The number of likely N-dealkylation sites (N-methyl/N-ethyl adjacent to an activating group) is 1. The van der Waals surface area contributed by atoms with Crippen molar-refractivity contribution < 1.29 is 9.13 Å². The maximum Gasteiger partial charge on any atom is 0.168 e. The zero-order valence-electron chi connectivity index (χ0n) is 10.7. The third kappa shape index (κ3) is 2.60. The highest BCUT2D eigenvalue weighted by Crippen LogP contribution is 2.41. The van der Waals surface area contributed by atoms with Gasteiger partial charge in [-0.25, -0.2) is 4.39 Å². The Hall–Kier alpha value is -1.09. The van der Waals surface area contributed by atoms with Crippen molar-refractivity contribution in [1.29, 1.82) is 0 Å². The van der Waals surface area contributed by atoms with Gasteiger partial charge in [0.1, 0.15) is 0 Å². The van der Waals surface area contributed by atoms with Crippen LogP contribution >= 0.6 is 0 Å². The molecular formula is C14H20FNO. The lowest BCUT2D eigenvalue weighted by Gasteiger charge is -2.17. The van der Waals surface area contributed by atoms with Crippen molar-refractivity contribution in [2.24, 2.45) is 11.8 Å². The predicted molar refractivity (Wildman–Crippen MR) is 66.8 cm³/mol. The number of benzene rings is 1. The van der Waals surface area contributed by atoms with Crippen molar-refractivity contribution in [3.63, 3.8) is 0 Å². The van der Waals surface area contributed by atoms with Gasteiger partial charge in [-0.2, -0.15) is 0 Å². The van der Waals surface area contributed by atoms with Crippen LogP contribution in [0.5, 0.6) is 5.75 Å². The van der Waals surface area contributed by atoms with Crippen molar-refractivity contribution in [3.8, 4) is 5.75 Å². The molecule has 0 amide bonds. The zero-order chi connectivity index (χ0) is 12.4. The summed E-state index contributed by atoms with van der Waals surface area (Å²) in [6.45, 7) is 2.25. The van der Waals surface area contributed by atoms with E-state index in [0.29, 0.717) is 17.7 Å². The molecule has 2 nitrogen and oxygen atoms in total. The van der Waals surface area contributed by atoms with Gasteiger partial charge in [0.25, 0.3) is 0 Å². The molecule has 1 aliphatic carbocycles. The van der Waals surface area contributed by atoms with E-state index in [1.165, 1.54) is 13.5 Å². The van der Waals surface area contributed by atoms with E-state index in [2.05, 4.69) is 12.2 Å². The Morgan fingerprint density at radius 2 is 2.24 bits per heavy atom. The Labute approximate surface area is 102 Å². The highest BCUT2D eigenvalue weighted by molar-refractivity contribution is 5.31.